The number of amides is 1. The second-order valence-electron chi connectivity index (χ2n) is 7.99. The first kappa shape index (κ1) is 20.9. The quantitative estimate of drug-likeness (QED) is 0.482. The van der Waals surface area contributed by atoms with Crippen molar-refractivity contribution in [3.8, 4) is 0 Å². The zero-order valence-electron chi connectivity index (χ0n) is 16.9. The van der Waals surface area contributed by atoms with Gasteiger partial charge in [0.25, 0.3) is 0 Å². The Morgan fingerprint density at radius 1 is 0.966 bits per heavy atom. The van der Waals surface area contributed by atoms with Crippen molar-refractivity contribution in [1.82, 2.24) is 0 Å². The van der Waals surface area contributed by atoms with Crippen LogP contribution in [-0.4, -0.2) is 17.2 Å². The first-order valence-corrected chi connectivity index (χ1v) is 9.94. The number of carbonyl (C=O) groups excluding carboxylic acids is 2. The van der Waals surface area contributed by atoms with E-state index in [2.05, 4.69) is 54.8 Å². The number of halogens is 1. The van der Waals surface area contributed by atoms with Gasteiger partial charge in [-0.3, -0.25) is 9.59 Å². The largest absolute Gasteiger partial charge is 0.379 e. The Morgan fingerprint density at radius 2 is 1.69 bits per heavy atom. The minimum Gasteiger partial charge on any atom is -0.379 e. The molecular formula is C24H25ClN2O2. The van der Waals surface area contributed by atoms with Crippen LogP contribution in [-0.2, 0) is 16.0 Å². The maximum absolute atomic E-state index is 11.8. The van der Waals surface area contributed by atoms with Gasteiger partial charge in [0.15, 0.2) is 0 Å². The molecule has 5 heteroatoms. The molecule has 3 aromatic carbocycles. The van der Waals surface area contributed by atoms with Crippen molar-refractivity contribution in [2.75, 3.05) is 10.6 Å². The van der Waals surface area contributed by atoms with E-state index in [1.165, 1.54) is 23.3 Å². The summed E-state index contributed by atoms with van der Waals surface area (Å²) < 4.78 is 0. The lowest BCUT2D eigenvalue weighted by atomic mass is 9.93. The summed E-state index contributed by atoms with van der Waals surface area (Å²) in [7, 11) is 0. The zero-order valence-corrected chi connectivity index (χ0v) is 17.6. The van der Waals surface area contributed by atoms with E-state index in [9.17, 15) is 9.59 Å². The molecule has 0 bridgehead atoms. The number of carbonyl (C=O) groups is 2. The summed E-state index contributed by atoms with van der Waals surface area (Å²) >= 11 is 6.42. The highest BCUT2D eigenvalue weighted by atomic mass is 35.5. The molecule has 0 saturated carbocycles. The second-order valence-corrected chi connectivity index (χ2v) is 8.40. The highest BCUT2D eigenvalue weighted by Crippen LogP contribution is 2.29. The van der Waals surface area contributed by atoms with Crippen LogP contribution >= 0.6 is 11.6 Å². The molecule has 0 unspecified atom stereocenters. The molecule has 0 aliphatic heterocycles. The third-order valence-electron chi connectivity index (χ3n) is 4.60. The Labute approximate surface area is 176 Å². The lowest BCUT2D eigenvalue weighted by Gasteiger charge is -2.28. The molecule has 0 aliphatic rings. The minimum atomic E-state index is -0.342. The predicted octanol–water partition coefficient (Wildman–Crippen LogP) is 5.84. The van der Waals surface area contributed by atoms with Crippen molar-refractivity contribution in [3.05, 3.63) is 71.2 Å². The molecule has 0 aliphatic carbocycles. The van der Waals surface area contributed by atoms with E-state index in [0.29, 0.717) is 10.7 Å². The average Bonchev–Trinajstić information content (AvgIpc) is 2.63. The number of hydrogen-bond donors (Lipinski definition) is 2. The van der Waals surface area contributed by atoms with Gasteiger partial charge >= 0.3 is 0 Å². The highest BCUT2D eigenvalue weighted by molar-refractivity contribution is 6.33. The SMILES string of the molecule is CC(=O)CC(=O)Nc1ccc(NC(C)(C)Cc2ccc3ccccc3c2)c(Cl)c1. The monoisotopic (exact) mass is 408 g/mol. The normalized spacial score (nSPS) is 11.3. The van der Waals surface area contributed by atoms with Gasteiger partial charge in [0.05, 0.1) is 17.1 Å². The molecular weight excluding hydrogens is 384 g/mol. The van der Waals surface area contributed by atoms with Gasteiger partial charge in [0, 0.05) is 11.2 Å². The van der Waals surface area contributed by atoms with Crippen LogP contribution in [0.5, 0.6) is 0 Å². The molecule has 0 fully saturated rings. The second kappa shape index (κ2) is 8.66. The number of Topliss-reactive ketones (excluding diaryl/α,β-unsaturated/α-hetero) is 1. The topological polar surface area (TPSA) is 58.2 Å². The van der Waals surface area contributed by atoms with E-state index in [1.807, 2.05) is 18.2 Å². The molecule has 0 radical (unpaired) electrons. The van der Waals surface area contributed by atoms with Gasteiger partial charge in [-0.25, -0.2) is 0 Å². The van der Waals surface area contributed by atoms with E-state index >= 15 is 0 Å². The molecule has 29 heavy (non-hydrogen) atoms. The highest BCUT2D eigenvalue weighted by Gasteiger charge is 2.20. The van der Waals surface area contributed by atoms with Gasteiger partial charge < -0.3 is 10.6 Å². The minimum absolute atomic E-state index is 0.142. The van der Waals surface area contributed by atoms with Crippen LogP contribution in [0.1, 0.15) is 32.8 Å². The standard InChI is InChI=1S/C24H25ClN2O2/c1-16(28)12-23(29)26-20-10-11-22(21(25)14-20)27-24(2,3)15-17-8-9-18-6-4-5-7-19(18)13-17/h4-11,13-14,27H,12,15H2,1-3H3,(H,26,29). The number of anilines is 2. The van der Waals surface area contributed by atoms with Gasteiger partial charge in [-0.1, -0.05) is 54.1 Å². The van der Waals surface area contributed by atoms with Gasteiger partial charge in [0.1, 0.15) is 5.78 Å². The van der Waals surface area contributed by atoms with Crippen molar-refractivity contribution < 1.29 is 9.59 Å². The molecule has 0 saturated heterocycles. The van der Waals surface area contributed by atoms with Crippen molar-refractivity contribution in [1.29, 1.82) is 0 Å². The smallest absolute Gasteiger partial charge is 0.231 e. The van der Waals surface area contributed by atoms with Crippen molar-refractivity contribution in [3.63, 3.8) is 0 Å². The molecule has 2 N–H and O–H groups in total. The van der Waals surface area contributed by atoms with Gasteiger partial charge in [-0.05, 0) is 61.7 Å². The summed E-state index contributed by atoms with van der Waals surface area (Å²) in [4.78, 5) is 22.8. The molecule has 3 rings (SSSR count). The lowest BCUT2D eigenvalue weighted by Crippen LogP contribution is -2.33. The van der Waals surface area contributed by atoms with E-state index in [1.54, 1.807) is 12.1 Å². The van der Waals surface area contributed by atoms with Gasteiger partial charge in [0.2, 0.25) is 5.91 Å². The molecule has 0 aromatic heterocycles. The summed E-state index contributed by atoms with van der Waals surface area (Å²) in [6, 6.07) is 20.1. The zero-order chi connectivity index (χ0) is 21.0. The lowest BCUT2D eigenvalue weighted by molar-refractivity contribution is -0.124. The Hall–Kier alpha value is -2.85. The molecule has 0 heterocycles. The summed E-state index contributed by atoms with van der Waals surface area (Å²) in [6.45, 7) is 5.64. The summed E-state index contributed by atoms with van der Waals surface area (Å²) in [5, 5.41) is 9.15. The third kappa shape index (κ3) is 5.81. The average molecular weight is 409 g/mol. The van der Waals surface area contributed by atoms with Crippen LogP contribution in [0, 0.1) is 0 Å². The first-order valence-electron chi connectivity index (χ1n) is 9.56. The Morgan fingerprint density at radius 3 is 2.38 bits per heavy atom. The molecule has 1 amide bonds. The number of nitrogens with one attached hydrogen (secondary N) is 2. The van der Waals surface area contributed by atoms with Crippen molar-refractivity contribution >= 4 is 45.4 Å². The van der Waals surface area contributed by atoms with E-state index in [4.69, 9.17) is 11.6 Å². The van der Waals surface area contributed by atoms with Crippen LogP contribution in [0.3, 0.4) is 0 Å². The van der Waals surface area contributed by atoms with Crippen LogP contribution in [0.15, 0.2) is 60.7 Å². The van der Waals surface area contributed by atoms with Crippen molar-refractivity contribution in [2.45, 2.75) is 39.2 Å². The van der Waals surface area contributed by atoms with Crippen LogP contribution in [0.4, 0.5) is 11.4 Å². The number of rotatable bonds is 7. The summed E-state index contributed by atoms with van der Waals surface area (Å²) in [5.74, 6) is -0.520. The fourth-order valence-corrected chi connectivity index (χ4v) is 3.62. The van der Waals surface area contributed by atoms with Crippen molar-refractivity contribution in [2.24, 2.45) is 0 Å². The number of hydrogen-bond acceptors (Lipinski definition) is 3. The Kier molecular flexibility index (Phi) is 6.23. The maximum Gasteiger partial charge on any atom is 0.231 e. The first-order chi connectivity index (χ1) is 13.7. The number of benzene rings is 3. The molecule has 0 atom stereocenters. The Bertz CT molecular complexity index is 1060. The molecule has 3 aromatic rings. The Balaban J connectivity index is 1.70. The molecule has 150 valence electrons. The molecule has 4 nitrogen and oxygen atoms in total. The van der Waals surface area contributed by atoms with E-state index in [-0.39, 0.29) is 23.7 Å². The fourth-order valence-electron chi connectivity index (χ4n) is 3.39. The summed E-state index contributed by atoms with van der Waals surface area (Å²) in [5.41, 5.74) is 2.37. The van der Waals surface area contributed by atoms with Crippen LogP contribution in [0.2, 0.25) is 5.02 Å². The fraction of sp³-hybridized carbons (Fsp3) is 0.250. The third-order valence-corrected chi connectivity index (χ3v) is 4.91. The number of ketones is 1. The van der Waals surface area contributed by atoms with Gasteiger partial charge in [-0.2, -0.15) is 0 Å². The van der Waals surface area contributed by atoms with Crippen LogP contribution < -0.4 is 10.6 Å². The predicted molar refractivity (Wildman–Crippen MR) is 121 cm³/mol. The molecule has 0 spiro atoms. The van der Waals surface area contributed by atoms with E-state index < -0.39 is 0 Å². The van der Waals surface area contributed by atoms with E-state index in [0.717, 1.165) is 12.1 Å². The van der Waals surface area contributed by atoms with Crippen LogP contribution in [0.25, 0.3) is 10.8 Å². The maximum atomic E-state index is 11.8. The summed E-state index contributed by atoms with van der Waals surface area (Å²) in [6.07, 6.45) is 0.682. The number of fused-ring (bicyclic) bond motifs is 1. The van der Waals surface area contributed by atoms with Gasteiger partial charge in [-0.15, -0.1) is 0 Å².